The first-order chi connectivity index (χ1) is 16.7. The molecule has 0 aliphatic carbocycles. The zero-order valence-electron chi connectivity index (χ0n) is 19.5. The molecule has 10 heteroatoms. The Morgan fingerprint density at radius 1 is 1.17 bits per heavy atom. The predicted octanol–water partition coefficient (Wildman–Crippen LogP) is 4.05. The first kappa shape index (κ1) is 24.1. The number of methoxy groups -OCH3 is 1. The molecule has 1 atom stereocenters. The SMILES string of the molecule is COC(=O)c1sc(N2C(=O)C(=O)/C(=C(/O)c3ccc(OC(C)C)cc3)[C@@H]2c2cccnc2)nc1C. The van der Waals surface area contributed by atoms with Gasteiger partial charge in [0.1, 0.15) is 16.4 Å². The molecule has 0 bridgehead atoms. The number of aryl methyl sites for hydroxylation is 1. The molecule has 35 heavy (non-hydrogen) atoms. The summed E-state index contributed by atoms with van der Waals surface area (Å²) in [6.45, 7) is 5.41. The Labute approximate surface area is 205 Å². The van der Waals surface area contributed by atoms with E-state index in [9.17, 15) is 19.5 Å². The first-order valence-corrected chi connectivity index (χ1v) is 11.6. The van der Waals surface area contributed by atoms with Crippen LogP contribution in [0, 0.1) is 6.92 Å². The summed E-state index contributed by atoms with van der Waals surface area (Å²) in [5.41, 5.74) is 1.11. The molecule has 180 valence electrons. The van der Waals surface area contributed by atoms with Crippen molar-refractivity contribution in [3.63, 3.8) is 0 Å². The number of pyridine rings is 1. The Morgan fingerprint density at radius 3 is 2.49 bits per heavy atom. The Hall–Kier alpha value is -4.05. The number of rotatable bonds is 6. The topological polar surface area (TPSA) is 119 Å². The van der Waals surface area contributed by atoms with Gasteiger partial charge < -0.3 is 14.6 Å². The maximum Gasteiger partial charge on any atom is 0.350 e. The van der Waals surface area contributed by atoms with Gasteiger partial charge in [0.05, 0.1) is 30.5 Å². The molecule has 0 saturated carbocycles. The summed E-state index contributed by atoms with van der Waals surface area (Å²) >= 11 is 0.937. The number of aliphatic hydroxyl groups excluding tert-OH is 1. The van der Waals surface area contributed by atoms with Crippen molar-refractivity contribution in [2.24, 2.45) is 0 Å². The number of hydrogen-bond donors (Lipinski definition) is 1. The van der Waals surface area contributed by atoms with Crippen molar-refractivity contribution >= 4 is 39.9 Å². The fourth-order valence-corrected chi connectivity index (χ4v) is 4.78. The molecule has 4 rings (SSSR count). The number of amides is 1. The van der Waals surface area contributed by atoms with Crippen LogP contribution in [0.1, 0.15) is 46.4 Å². The van der Waals surface area contributed by atoms with Crippen molar-refractivity contribution in [2.75, 3.05) is 12.0 Å². The van der Waals surface area contributed by atoms with E-state index in [0.717, 1.165) is 11.3 Å². The number of ether oxygens (including phenoxy) is 2. The maximum absolute atomic E-state index is 13.2. The third-order valence-electron chi connectivity index (χ3n) is 5.31. The van der Waals surface area contributed by atoms with Gasteiger partial charge in [-0.2, -0.15) is 0 Å². The molecule has 0 spiro atoms. The molecule has 1 amide bonds. The van der Waals surface area contributed by atoms with Crippen molar-refractivity contribution in [3.8, 4) is 5.75 Å². The first-order valence-electron chi connectivity index (χ1n) is 10.8. The number of aliphatic hydroxyl groups is 1. The number of Topliss-reactive ketones (excluding diaryl/α,β-unsaturated/α-hetero) is 1. The Bertz CT molecular complexity index is 1310. The third-order valence-corrected chi connectivity index (χ3v) is 6.44. The van der Waals surface area contributed by atoms with Crippen LogP contribution in [0.15, 0.2) is 54.4 Å². The summed E-state index contributed by atoms with van der Waals surface area (Å²) < 4.78 is 10.4. The standard InChI is InChI=1S/C25H23N3O6S/c1-13(2)34-17-9-7-15(8-10-17)20(29)18-19(16-6-5-11-26-12-16)28(23(31)21(18)30)25-27-14(3)22(35-25)24(32)33-4/h5-13,19,29H,1-4H3/b20-18+/t19-/m0/s1. The minimum Gasteiger partial charge on any atom is -0.507 e. The smallest absolute Gasteiger partial charge is 0.350 e. The van der Waals surface area contributed by atoms with Gasteiger partial charge in [-0.25, -0.2) is 9.78 Å². The fraction of sp³-hybridized carbons (Fsp3) is 0.240. The number of benzene rings is 1. The van der Waals surface area contributed by atoms with E-state index in [1.54, 1.807) is 49.5 Å². The Morgan fingerprint density at radius 2 is 1.89 bits per heavy atom. The summed E-state index contributed by atoms with van der Waals surface area (Å²) in [5, 5.41) is 11.3. The number of ketones is 1. The number of anilines is 1. The van der Waals surface area contributed by atoms with Crippen LogP contribution in [0.4, 0.5) is 5.13 Å². The molecular weight excluding hydrogens is 470 g/mol. The average Bonchev–Trinajstić information content (AvgIpc) is 3.35. The monoisotopic (exact) mass is 493 g/mol. The summed E-state index contributed by atoms with van der Waals surface area (Å²) in [7, 11) is 1.25. The summed E-state index contributed by atoms with van der Waals surface area (Å²) in [6.07, 6.45) is 3.05. The molecular formula is C25H23N3O6S. The van der Waals surface area contributed by atoms with Crippen LogP contribution in [0.5, 0.6) is 5.75 Å². The second-order valence-corrected chi connectivity index (χ2v) is 9.03. The predicted molar refractivity (Wildman–Crippen MR) is 129 cm³/mol. The summed E-state index contributed by atoms with van der Waals surface area (Å²) in [6, 6.07) is 8.96. The molecule has 0 unspecified atom stereocenters. The molecule has 1 N–H and O–H groups in total. The van der Waals surface area contributed by atoms with Crippen LogP contribution in [0.2, 0.25) is 0 Å². The van der Waals surface area contributed by atoms with Crippen LogP contribution >= 0.6 is 11.3 Å². The van der Waals surface area contributed by atoms with Crippen molar-refractivity contribution in [1.82, 2.24) is 9.97 Å². The van der Waals surface area contributed by atoms with Crippen LogP contribution in [-0.2, 0) is 14.3 Å². The van der Waals surface area contributed by atoms with Crippen LogP contribution in [0.25, 0.3) is 5.76 Å². The lowest BCUT2D eigenvalue weighted by molar-refractivity contribution is -0.132. The zero-order valence-corrected chi connectivity index (χ0v) is 20.3. The third kappa shape index (κ3) is 4.52. The normalized spacial score (nSPS) is 17.2. The number of carbonyl (C=O) groups is 3. The van der Waals surface area contributed by atoms with Gasteiger partial charge >= 0.3 is 11.9 Å². The summed E-state index contributed by atoms with van der Waals surface area (Å²) in [5.74, 6) is -2.06. The molecule has 1 aliphatic heterocycles. The number of thiazole rings is 1. The fourth-order valence-electron chi connectivity index (χ4n) is 3.77. The second-order valence-electron chi connectivity index (χ2n) is 8.05. The molecule has 1 aromatic carbocycles. The van der Waals surface area contributed by atoms with Crippen LogP contribution in [0.3, 0.4) is 0 Å². The van der Waals surface area contributed by atoms with Crippen LogP contribution < -0.4 is 9.64 Å². The van der Waals surface area contributed by atoms with Gasteiger partial charge in [-0.3, -0.25) is 19.5 Å². The van der Waals surface area contributed by atoms with E-state index in [4.69, 9.17) is 9.47 Å². The maximum atomic E-state index is 13.2. The molecule has 9 nitrogen and oxygen atoms in total. The minimum atomic E-state index is -0.994. The molecule has 3 heterocycles. The van der Waals surface area contributed by atoms with Gasteiger partial charge in [0.2, 0.25) is 0 Å². The molecule has 1 aliphatic rings. The highest BCUT2D eigenvalue weighted by atomic mass is 32.1. The second kappa shape index (κ2) is 9.67. The highest BCUT2D eigenvalue weighted by Gasteiger charge is 2.48. The lowest BCUT2D eigenvalue weighted by atomic mass is 9.96. The van der Waals surface area contributed by atoms with E-state index in [-0.39, 0.29) is 27.4 Å². The highest BCUT2D eigenvalue weighted by Crippen LogP contribution is 2.43. The number of hydrogen-bond acceptors (Lipinski definition) is 9. The number of aromatic nitrogens is 2. The molecule has 0 radical (unpaired) electrons. The Kier molecular flexibility index (Phi) is 6.65. The van der Waals surface area contributed by atoms with Gasteiger partial charge in [0.15, 0.2) is 5.13 Å². The number of nitrogens with zero attached hydrogens (tertiary/aromatic N) is 3. The zero-order chi connectivity index (χ0) is 25.3. The van der Waals surface area contributed by atoms with Crippen molar-refractivity contribution in [3.05, 3.63) is 76.1 Å². The van der Waals surface area contributed by atoms with E-state index in [1.165, 1.54) is 18.2 Å². The van der Waals surface area contributed by atoms with E-state index < -0.39 is 23.7 Å². The van der Waals surface area contributed by atoms with E-state index in [1.807, 2.05) is 13.8 Å². The average molecular weight is 494 g/mol. The molecule has 1 fully saturated rings. The number of esters is 1. The van der Waals surface area contributed by atoms with Crippen molar-refractivity contribution in [1.29, 1.82) is 0 Å². The van der Waals surface area contributed by atoms with E-state index >= 15 is 0 Å². The number of carbonyl (C=O) groups excluding carboxylic acids is 3. The van der Waals surface area contributed by atoms with Gasteiger partial charge in [-0.05, 0) is 56.7 Å². The van der Waals surface area contributed by atoms with Crippen molar-refractivity contribution < 1.29 is 29.0 Å². The highest BCUT2D eigenvalue weighted by molar-refractivity contribution is 7.17. The van der Waals surface area contributed by atoms with Crippen LogP contribution in [-0.4, -0.2) is 45.9 Å². The van der Waals surface area contributed by atoms with Gasteiger partial charge in [0, 0.05) is 18.0 Å². The van der Waals surface area contributed by atoms with Gasteiger partial charge in [-0.15, -0.1) is 0 Å². The Balaban J connectivity index is 1.85. The van der Waals surface area contributed by atoms with Crippen molar-refractivity contribution in [2.45, 2.75) is 32.9 Å². The summed E-state index contributed by atoms with van der Waals surface area (Å²) in [4.78, 5) is 48.4. The van der Waals surface area contributed by atoms with E-state index in [0.29, 0.717) is 22.6 Å². The van der Waals surface area contributed by atoms with E-state index in [2.05, 4.69) is 9.97 Å². The van der Waals surface area contributed by atoms with Gasteiger partial charge in [-0.1, -0.05) is 17.4 Å². The van der Waals surface area contributed by atoms with Gasteiger partial charge in [0.25, 0.3) is 5.78 Å². The lowest BCUT2D eigenvalue weighted by Crippen LogP contribution is -2.29. The quantitative estimate of drug-likeness (QED) is 0.236. The largest absolute Gasteiger partial charge is 0.507 e. The lowest BCUT2D eigenvalue weighted by Gasteiger charge is -2.22. The molecule has 2 aromatic heterocycles. The molecule has 3 aromatic rings. The minimum absolute atomic E-state index is 0.0259. The molecule has 1 saturated heterocycles.